The highest BCUT2D eigenvalue weighted by Crippen LogP contribution is 2.08. The molecule has 2 aromatic rings. The van der Waals surface area contributed by atoms with E-state index in [0.29, 0.717) is 0 Å². The predicted octanol–water partition coefficient (Wildman–Crippen LogP) is 1.53. The van der Waals surface area contributed by atoms with Crippen LogP contribution in [0.1, 0.15) is 0 Å². The number of rotatable bonds is 2. The highest BCUT2D eigenvalue weighted by Gasteiger charge is 1.92. The molecule has 1 heterocycles. The Labute approximate surface area is 70.2 Å². The standard InChI is InChI=1S/C9H7N2O/c1-2-4-9(5-3-1)12-11-7-6-10-8-11/h1-7H. The Hall–Kier alpha value is -1.77. The van der Waals surface area contributed by atoms with Gasteiger partial charge in [0.15, 0.2) is 5.75 Å². The summed E-state index contributed by atoms with van der Waals surface area (Å²) in [6, 6.07) is 9.49. The quantitative estimate of drug-likeness (QED) is 0.664. The first-order valence-corrected chi connectivity index (χ1v) is 3.59. The van der Waals surface area contributed by atoms with Crippen LogP contribution >= 0.6 is 0 Å². The Morgan fingerprint density at radius 3 is 2.75 bits per heavy atom. The zero-order chi connectivity index (χ0) is 8.23. The highest BCUT2D eigenvalue weighted by atomic mass is 16.7. The van der Waals surface area contributed by atoms with Crippen LogP contribution in [0, 0.1) is 6.33 Å². The number of imidazole rings is 1. The Kier molecular flexibility index (Phi) is 1.78. The third-order valence-corrected chi connectivity index (χ3v) is 1.38. The molecular weight excluding hydrogens is 152 g/mol. The minimum atomic E-state index is 0.770. The molecule has 0 N–H and O–H groups in total. The van der Waals surface area contributed by atoms with Crippen LogP contribution in [0.3, 0.4) is 0 Å². The molecule has 1 aromatic heterocycles. The monoisotopic (exact) mass is 159 g/mol. The second-order valence-electron chi connectivity index (χ2n) is 2.26. The molecule has 0 spiro atoms. The lowest BCUT2D eigenvalue weighted by molar-refractivity contribution is 0.213. The SMILES string of the molecule is [c]1nccn1Oc1ccccc1. The largest absolute Gasteiger partial charge is 0.374 e. The minimum Gasteiger partial charge on any atom is -0.374 e. The van der Waals surface area contributed by atoms with Crippen molar-refractivity contribution >= 4 is 0 Å². The molecule has 2 rings (SSSR count). The number of hydrogen-bond acceptors (Lipinski definition) is 2. The van der Waals surface area contributed by atoms with E-state index in [4.69, 9.17) is 4.84 Å². The van der Waals surface area contributed by atoms with Gasteiger partial charge >= 0.3 is 0 Å². The summed E-state index contributed by atoms with van der Waals surface area (Å²) < 4.78 is 1.43. The van der Waals surface area contributed by atoms with Crippen LogP contribution in [-0.2, 0) is 0 Å². The number of benzene rings is 1. The van der Waals surface area contributed by atoms with Crippen molar-refractivity contribution in [1.29, 1.82) is 0 Å². The van der Waals surface area contributed by atoms with Gasteiger partial charge in [0.2, 0.25) is 6.33 Å². The zero-order valence-electron chi connectivity index (χ0n) is 6.34. The van der Waals surface area contributed by atoms with Crippen molar-refractivity contribution in [2.75, 3.05) is 0 Å². The average Bonchev–Trinajstić information content (AvgIpc) is 2.59. The van der Waals surface area contributed by atoms with E-state index < -0.39 is 0 Å². The topological polar surface area (TPSA) is 27.1 Å². The smallest absolute Gasteiger partial charge is 0.215 e. The van der Waals surface area contributed by atoms with Gasteiger partial charge in [-0.3, -0.25) is 0 Å². The molecule has 1 radical (unpaired) electrons. The fourth-order valence-electron chi connectivity index (χ4n) is 0.863. The molecule has 3 heteroatoms. The molecule has 0 amide bonds. The summed E-state index contributed by atoms with van der Waals surface area (Å²) in [4.78, 5) is 9.05. The molecule has 59 valence electrons. The van der Waals surface area contributed by atoms with E-state index in [2.05, 4.69) is 11.3 Å². The third-order valence-electron chi connectivity index (χ3n) is 1.38. The molecule has 0 atom stereocenters. The fourth-order valence-corrected chi connectivity index (χ4v) is 0.863. The van der Waals surface area contributed by atoms with Crippen molar-refractivity contribution in [2.24, 2.45) is 0 Å². The predicted molar refractivity (Wildman–Crippen MR) is 43.5 cm³/mol. The normalized spacial score (nSPS) is 9.67. The number of para-hydroxylation sites is 1. The van der Waals surface area contributed by atoms with E-state index >= 15 is 0 Å². The van der Waals surface area contributed by atoms with E-state index in [9.17, 15) is 0 Å². The molecule has 0 aliphatic heterocycles. The highest BCUT2D eigenvalue weighted by molar-refractivity contribution is 5.20. The maximum atomic E-state index is 5.32. The van der Waals surface area contributed by atoms with E-state index in [0.717, 1.165) is 5.75 Å². The van der Waals surface area contributed by atoms with Crippen LogP contribution in [0.2, 0.25) is 0 Å². The van der Waals surface area contributed by atoms with Gasteiger partial charge in [0.1, 0.15) is 0 Å². The second kappa shape index (κ2) is 3.09. The van der Waals surface area contributed by atoms with Crippen molar-refractivity contribution < 1.29 is 4.84 Å². The summed E-state index contributed by atoms with van der Waals surface area (Å²) >= 11 is 0. The molecule has 12 heavy (non-hydrogen) atoms. The number of nitrogens with zero attached hydrogens (tertiary/aromatic N) is 2. The fraction of sp³-hybridized carbons (Fsp3) is 0. The van der Waals surface area contributed by atoms with Crippen molar-refractivity contribution in [3.05, 3.63) is 49.1 Å². The molecule has 0 fully saturated rings. The molecule has 0 aliphatic carbocycles. The molecule has 0 unspecified atom stereocenters. The van der Waals surface area contributed by atoms with Gasteiger partial charge in [-0.25, -0.2) is 4.98 Å². The van der Waals surface area contributed by atoms with Crippen LogP contribution in [-0.4, -0.2) is 9.71 Å². The van der Waals surface area contributed by atoms with Crippen LogP contribution in [0.5, 0.6) is 5.75 Å². The first-order valence-electron chi connectivity index (χ1n) is 3.59. The van der Waals surface area contributed by atoms with Gasteiger partial charge < -0.3 is 4.84 Å². The van der Waals surface area contributed by atoms with Gasteiger partial charge in [0, 0.05) is 6.20 Å². The summed E-state index contributed by atoms with van der Waals surface area (Å²) in [6.07, 6.45) is 5.93. The molecular formula is C9H7N2O. The summed E-state index contributed by atoms with van der Waals surface area (Å²) in [5.74, 6) is 0.770. The lowest BCUT2D eigenvalue weighted by Crippen LogP contribution is -2.01. The summed E-state index contributed by atoms with van der Waals surface area (Å²) in [5.41, 5.74) is 0. The second-order valence-corrected chi connectivity index (χ2v) is 2.26. The number of hydrogen-bond donors (Lipinski definition) is 0. The van der Waals surface area contributed by atoms with E-state index in [-0.39, 0.29) is 0 Å². The zero-order valence-corrected chi connectivity index (χ0v) is 6.34. The molecule has 3 nitrogen and oxygen atoms in total. The number of aromatic nitrogens is 2. The Bertz CT molecular complexity index is 329. The lowest BCUT2D eigenvalue weighted by Gasteiger charge is -2.02. The van der Waals surface area contributed by atoms with E-state index in [1.54, 1.807) is 12.4 Å². The van der Waals surface area contributed by atoms with Gasteiger partial charge in [-0.2, -0.15) is 4.73 Å². The molecule has 1 aromatic carbocycles. The van der Waals surface area contributed by atoms with Crippen molar-refractivity contribution in [3.63, 3.8) is 0 Å². The van der Waals surface area contributed by atoms with Crippen molar-refractivity contribution in [1.82, 2.24) is 9.71 Å². The van der Waals surface area contributed by atoms with Gasteiger partial charge in [0.05, 0.1) is 6.20 Å². The molecule has 0 saturated heterocycles. The maximum absolute atomic E-state index is 5.32. The molecule has 0 bridgehead atoms. The Morgan fingerprint density at radius 2 is 2.08 bits per heavy atom. The van der Waals surface area contributed by atoms with Crippen molar-refractivity contribution in [2.45, 2.75) is 0 Å². The summed E-state index contributed by atoms with van der Waals surface area (Å²) in [7, 11) is 0. The van der Waals surface area contributed by atoms with Crippen molar-refractivity contribution in [3.8, 4) is 5.75 Å². The van der Waals surface area contributed by atoms with Crippen LogP contribution < -0.4 is 4.84 Å². The first kappa shape index (κ1) is 6.91. The van der Waals surface area contributed by atoms with Gasteiger partial charge in [-0.05, 0) is 12.1 Å². The first-order chi connectivity index (χ1) is 5.95. The van der Waals surface area contributed by atoms with Crippen LogP contribution in [0.4, 0.5) is 0 Å². The third kappa shape index (κ3) is 1.45. The Morgan fingerprint density at radius 1 is 1.25 bits per heavy atom. The summed E-state index contributed by atoms with van der Waals surface area (Å²) in [5, 5.41) is 0. The van der Waals surface area contributed by atoms with Gasteiger partial charge in [0.25, 0.3) is 0 Å². The lowest BCUT2D eigenvalue weighted by atomic mass is 10.3. The van der Waals surface area contributed by atoms with Gasteiger partial charge in [-0.1, -0.05) is 18.2 Å². The van der Waals surface area contributed by atoms with E-state index in [1.807, 2.05) is 30.3 Å². The van der Waals surface area contributed by atoms with Gasteiger partial charge in [-0.15, -0.1) is 0 Å². The summed E-state index contributed by atoms with van der Waals surface area (Å²) in [6.45, 7) is 0. The minimum absolute atomic E-state index is 0.770. The average molecular weight is 159 g/mol. The molecule has 0 saturated carbocycles. The Balaban J connectivity index is 2.15. The maximum Gasteiger partial charge on any atom is 0.215 e. The van der Waals surface area contributed by atoms with Crippen LogP contribution in [0.25, 0.3) is 0 Å². The van der Waals surface area contributed by atoms with Crippen LogP contribution in [0.15, 0.2) is 42.7 Å². The molecule has 0 aliphatic rings. The van der Waals surface area contributed by atoms with E-state index in [1.165, 1.54) is 4.73 Å².